The lowest BCUT2D eigenvalue weighted by Gasteiger charge is -2.16. The average Bonchev–Trinajstić information content (AvgIpc) is 3.12. The quantitative estimate of drug-likeness (QED) is 0.844. The third-order valence-electron chi connectivity index (χ3n) is 3.97. The first-order valence-electron chi connectivity index (χ1n) is 7.74. The Morgan fingerprint density at radius 1 is 1.04 bits per heavy atom. The molecule has 3 rings (SSSR count). The minimum atomic E-state index is -3.54. The summed E-state index contributed by atoms with van der Waals surface area (Å²) < 4.78 is 26.7. The van der Waals surface area contributed by atoms with Gasteiger partial charge in [-0.05, 0) is 49.2 Å². The number of anilines is 1. The Morgan fingerprint density at radius 3 is 2.48 bits per heavy atom. The van der Waals surface area contributed by atoms with E-state index in [9.17, 15) is 13.2 Å². The fourth-order valence-corrected chi connectivity index (χ4v) is 4.62. The van der Waals surface area contributed by atoms with E-state index in [4.69, 9.17) is 23.2 Å². The van der Waals surface area contributed by atoms with Crippen LogP contribution in [0.25, 0.3) is 0 Å². The Balaban J connectivity index is 1.84. The monoisotopic (exact) mass is 398 g/mol. The minimum absolute atomic E-state index is 0.157. The highest BCUT2D eigenvalue weighted by atomic mass is 35.5. The van der Waals surface area contributed by atoms with Crippen molar-refractivity contribution in [2.24, 2.45) is 0 Å². The standard InChI is InChI=1S/C17H16Cl2N2O3S/c18-12-6-7-16(19)15(10-12)17(22)20-13-4-3-5-14(11-13)25(23,24)21-8-1-2-9-21/h3-7,10-11H,1-2,8-9H2,(H,20,22). The molecule has 0 aromatic heterocycles. The predicted molar refractivity (Wildman–Crippen MR) is 98.9 cm³/mol. The van der Waals surface area contributed by atoms with E-state index in [2.05, 4.69) is 5.32 Å². The van der Waals surface area contributed by atoms with Crippen LogP contribution in [-0.2, 0) is 10.0 Å². The van der Waals surface area contributed by atoms with Gasteiger partial charge in [0.15, 0.2) is 0 Å². The van der Waals surface area contributed by atoms with Crippen LogP contribution in [0.1, 0.15) is 23.2 Å². The number of hydrogen-bond donors (Lipinski definition) is 1. The molecule has 1 N–H and O–H groups in total. The van der Waals surface area contributed by atoms with Crippen molar-refractivity contribution >= 4 is 44.8 Å². The fourth-order valence-electron chi connectivity index (χ4n) is 2.68. The lowest BCUT2D eigenvalue weighted by molar-refractivity contribution is 0.102. The van der Waals surface area contributed by atoms with E-state index >= 15 is 0 Å². The van der Waals surface area contributed by atoms with E-state index in [0.717, 1.165) is 12.8 Å². The Kier molecular flexibility index (Phi) is 5.34. The zero-order valence-electron chi connectivity index (χ0n) is 13.2. The maximum Gasteiger partial charge on any atom is 0.257 e. The van der Waals surface area contributed by atoms with Gasteiger partial charge in [-0.2, -0.15) is 4.31 Å². The average molecular weight is 399 g/mol. The van der Waals surface area contributed by atoms with Crippen molar-refractivity contribution in [2.75, 3.05) is 18.4 Å². The SMILES string of the molecule is O=C(Nc1cccc(S(=O)(=O)N2CCCC2)c1)c1cc(Cl)ccc1Cl. The summed E-state index contributed by atoms with van der Waals surface area (Å²) in [5.74, 6) is -0.455. The lowest BCUT2D eigenvalue weighted by atomic mass is 10.2. The van der Waals surface area contributed by atoms with Crippen LogP contribution in [0, 0.1) is 0 Å². The van der Waals surface area contributed by atoms with Crippen LogP contribution in [-0.4, -0.2) is 31.7 Å². The molecule has 0 saturated carbocycles. The number of benzene rings is 2. The molecule has 1 fully saturated rings. The molecule has 132 valence electrons. The smallest absolute Gasteiger partial charge is 0.257 e. The van der Waals surface area contributed by atoms with Crippen molar-refractivity contribution in [1.82, 2.24) is 4.31 Å². The molecule has 0 atom stereocenters. The number of carbonyl (C=O) groups excluding carboxylic acids is 1. The normalized spacial score (nSPS) is 15.3. The van der Waals surface area contributed by atoms with E-state index in [1.165, 1.54) is 28.6 Å². The van der Waals surface area contributed by atoms with E-state index in [1.54, 1.807) is 18.2 Å². The van der Waals surface area contributed by atoms with Gasteiger partial charge in [0, 0.05) is 23.8 Å². The van der Waals surface area contributed by atoms with Gasteiger partial charge in [-0.3, -0.25) is 4.79 Å². The topological polar surface area (TPSA) is 66.5 Å². The van der Waals surface area contributed by atoms with Crippen molar-refractivity contribution in [2.45, 2.75) is 17.7 Å². The van der Waals surface area contributed by atoms with Crippen LogP contribution in [0.15, 0.2) is 47.4 Å². The number of halogens is 2. The zero-order valence-corrected chi connectivity index (χ0v) is 15.5. The Labute approximate surface area is 156 Å². The van der Waals surface area contributed by atoms with Gasteiger partial charge in [0.1, 0.15) is 0 Å². The van der Waals surface area contributed by atoms with Gasteiger partial charge in [-0.15, -0.1) is 0 Å². The van der Waals surface area contributed by atoms with Gasteiger partial charge in [0.2, 0.25) is 10.0 Å². The Bertz CT molecular complexity index is 910. The summed E-state index contributed by atoms with van der Waals surface area (Å²) in [7, 11) is -3.54. The number of amides is 1. The summed E-state index contributed by atoms with van der Waals surface area (Å²) in [6.07, 6.45) is 1.73. The summed E-state index contributed by atoms with van der Waals surface area (Å²) in [6, 6.07) is 10.8. The first-order valence-corrected chi connectivity index (χ1v) is 9.94. The van der Waals surface area contributed by atoms with Gasteiger partial charge < -0.3 is 5.32 Å². The molecule has 1 heterocycles. The second-order valence-electron chi connectivity index (χ2n) is 5.72. The van der Waals surface area contributed by atoms with Gasteiger partial charge in [0.05, 0.1) is 15.5 Å². The van der Waals surface area contributed by atoms with Gasteiger partial charge in [-0.25, -0.2) is 8.42 Å². The predicted octanol–water partition coefficient (Wildman–Crippen LogP) is 4.03. The molecule has 0 radical (unpaired) electrons. The largest absolute Gasteiger partial charge is 0.322 e. The molecule has 8 heteroatoms. The molecule has 25 heavy (non-hydrogen) atoms. The first-order chi connectivity index (χ1) is 11.9. The highest BCUT2D eigenvalue weighted by molar-refractivity contribution is 7.89. The summed E-state index contributed by atoms with van der Waals surface area (Å²) >= 11 is 11.9. The molecule has 0 aliphatic carbocycles. The fraction of sp³-hybridized carbons (Fsp3) is 0.235. The number of nitrogens with zero attached hydrogens (tertiary/aromatic N) is 1. The maximum atomic E-state index is 12.6. The molecule has 0 bridgehead atoms. The van der Waals surface area contributed by atoms with E-state index < -0.39 is 15.9 Å². The molecule has 0 spiro atoms. The van der Waals surface area contributed by atoms with E-state index in [-0.39, 0.29) is 15.5 Å². The van der Waals surface area contributed by atoms with Crippen molar-refractivity contribution in [1.29, 1.82) is 0 Å². The molecule has 0 unspecified atom stereocenters. The summed E-state index contributed by atoms with van der Waals surface area (Å²) in [6.45, 7) is 1.05. The van der Waals surface area contributed by atoms with Crippen LogP contribution in [0.4, 0.5) is 5.69 Å². The molecule has 5 nitrogen and oxygen atoms in total. The van der Waals surface area contributed by atoms with Gasteiger partial charge in [0.25, 0.3) is 5.91 Å². The molecule has 1 aliphatic rings. The number of sulfonamides is 1. The van der Waals surface area contributed by atoms with Crippen molar-refractivity contribution in [3.8, 4) is 0 Å². The molecular formula is C17H16Cl2N2O3S. The highest BCUT2D eigenvalue weighted by Gasteiger charge is 2.27. The maximum absolute atomic E-state index is 12.6. The lowest BCUT2D eigenvalue weighted by Crippen LogP contribution is -2.27. The number of rotatable bonds is 4. The zero-order chi connectivity index (χ0) is 18.0. The van der Waals surface area contributed by atoms with Crippen LogP contribution in [0.3, 0.4) is 0 Å². The number of carbonyl (C=O) groups is 1. The second-order valence-corrected chi connectivity index (χ2v) is 8.50. The third kappa shape index (κ3) is 3.98. The summed E-state index contributed by atoms with van der Waals surface area (Å²) in [5.41, 5.74) is 0.600. The molecule has 1 saturated heterocycles. The van der Waals surface area contributed by atoms with Crippen molar-refractivity contribution in [3.63, 3.8) is 0 Å². The summed E-state index contributed by atoms with van der Waals surface area (Å²) in [5, 5.41) is 3.32. The van der Waals surface area contributed by atoms with Crippen LogP contribution < -0.4 is 5.32 Å². The molecule has 2 aromatic carbocycles. The number of nitrogens with one attached hydrogen (secondary N) is 1. The highest BCUT2D eigenvalue weighted by Crippen LogP contribution is 2.25. The van der Waals surface area contributed by atoms with E-state index in [1.807, 2.05) is 0 Å². The van der Waals surface area contributed by atoms with Gasteiger partial charge >= 0.3 is 0 Å². The van der Waals surface area contributed by atoms with Crippen LogP contribution in [0.5, 0.6) is 0 Å². The third-order valence-corrected chi connectivity index (χ3v) is 6.43. The Morgan fingerprint density at radius 2 is 1.76 bits per heavy atom. The van der Waals surface area contributed by atoms with Crippen LogP contribution >= 0.6 is 23.2 Å². The Hall–Kier alpha value is -1.60. The summed E-state index contributed by atoms with van der Waals surface area (Å²) in [4.78, 5) is 12.5. The molecule has 1 amide bonds. The van der Waals surface area contributed by atoms with Gasteiger partial charge in [-0.1, -0.05) is 29.3 Å². The first kappa shape index (κ1) is 18.2. The number of hydrogen-bond acceptors (Lipinski definition) is 3. The minimum Gasteiger partial charge on any atom is -0.322 e. The second kappa shape index (κ2) is 7.33. The van der Waals surface area contributed by atoms with Crippen molar-refractivity contribution in [3.05, 3.63) is 58.1 Å². The van der Waals surface area contributed by atoms with Crippen LogP contribution in [0.2, 0.25) is 10.0 Å². The van der Waals surface area contributed by atoms with Crippen molar-refractivity contribution < 1.29 is 13.2 Å². The van der Waals surface area contributed by atoms with E-state index in [0.29, 0.717) is 23.8 Å². The molecular weight excluding hydrogens is 383 g/mol. The molecule has 1 aliphatic heterocycles. The molecule has 2 aromatic rings.